The number of carbonyl (C=O) groups is 1. The Morgan fingerprint density at radius 1 is 1.25 bits per heavy atom. The van der Waals surface area contributed by atoms with Gasteiger partial charge < -0.3 is 9.47 Å². The summed E-state index contributed by atoms with van der Waals surface area (Å²) in [6.07, 6.45) is 7.75. The number of thioether (sulfide) groups is 1. The highest BCUT2D eigenvalue weighted by molar-refractivity contribution is 7.99. The Labute approximate surface area is 172 Å². The van der Waals surface area contributed by atoms with E-state index in [1.165, 1.54) is 19.3 Å². The number of benzene rings is 1. The van der Waals surface area contributed by atoms with Crippen LogP contribution in [0.1, 0.15) is 51.9 Å². The summed E-state index contributed by atoms with van der Waals surface area (Å²) in [6, 6.07) is 10.0. The predicted octanol–water partition coefficient (Wildman–Crippen LogP) is 4.44. The van der Waals surface area contributed by atoms with E-state index in [4.69, 9.17) is 14.7 Å². The fraction of sp³-hybridized carbons (Fsp3) is 0.682. The van der Waals surface area contributed by atoms with Crippen LogP contribution in [-0.2, 0) is 9.53 Å². The average Bonchev–Trinajstić information content (AvgIpc) is 3.31. The Morgan fingerprint density at radius 3 is 2.68 bits per heavy atom. The highest BCUT2D eigenvalue weighted by atomic mass is 32.2. The fourth-order valence-electron chi connectivity index (χ4n) is 4.59. The van der Waals surface area contributed by atoms with Crippen LogP contribution in [-0.4, -0.2) is 40.9 Å². The van der Waals surface area contributed by atoms with Crippen molar-refractivity contribution in [1.82, 2.24) is 5.48 Å². The molecular weight excluding hydrogens is 374 g/mol. The van der Waals surface area contributed by atoms with Crippen LogP contribution in [0.25, 0.3) is 0 Å². The second kappa shape index (κ2) is 11.1. The van der Waals surface area contributed by atoms with E-state index in [0.29, 0.717) is 35.7 Å². The molecule has 6 heteroatoms. The third kappa shape index (κ3) is 6.13. The number of rotatable bonds is 12. The molecule has 2 saturated heterocycles. The Balaban J connectivity index is 1.36. The number of ether oxygens (including phenoxy) is 2. The smallest absolute Gasteiger partial charge is 0.243 e. The van der Waals surface area contributed by atoms with Crippen molar-refractivity contribution in [2.45, 2.75) is 69.3 Å². The van der Waals surface area contributed by atoms with Gasteiger partial charge in [0, 0.05) is 11.7 Å². The molecule has 2 heterocycles. The minimum atomic E-state index is -0.295. The predicted molar refractivity (Wildman–Crippen MR) is 112 cm³/mol. The van der Waals surface area contributed by atoms with E-state index in [0.717, 1.165) is 37.4 Å². The van der Waals surface area contributed by atoms with Crippen molar-refractivity contribution in [2.75, 3.05) is 12.4 Å². The molecule has 2 N–H and O–H groups in total. The molecule has 28 heavy (non-hydrogen) atoms. The number of carbonyl (C=O) groups excluding carboxylic acids is 1. The first kappa shape index (κ1) is 21.5. The maximum Gasteiger partial charge on any atom is 0.243 e. The first-order valence-electron chi connectivity index (χ1n) is 10.5. The number of fused-ring (bicyclic) bond motifs is 2. The molecule has 5 nitrogen and oxygen atoms in total. The highest BCUT2D eigenvalue weighted by Crippen LogP contribution is 2.47. The van der Waals surface area contributed by atoms with Gasteiger partial charge in [-0.1, -0.05) is 25.1 Å². The molecule has 0 saturated carbocycles. The Bertz CT molecular complexity index is 599. The second-order valence-electron chi connectivity index (χ2n) is 7.97. The minimum Gasteiger partial charge on any atom is -0.494 e. The standard InChI is InChI=1S/C22H33NO4S/c1-16(6-5-9-22(24)23-25)28-15-13-19-18(20-10-11-21(19)27-20)12-14-26-17-7-3-2-4-8-17/h2-4,7-8,16,18-21,25H,5-6,9-15H2,1H3,(H,23,24). The zero-order valence-electron chi connectivity index (χ0n) is 16.7. The lowest BCUT2D eigenvalue weighted by Crippen LogP contribution is -2.29. The topological polar surface area (TPSA) is 67.8 Å². The molecule has 1 aromatic carbocycles. The van der Waals surface area contributed by atoms with E-state index in [1.807, 2.05) is 42.1 Å². The van der Waals surface area contributed by atoms with E-state index in [1.54, 1.807) is 5.48 Å². The van der Waals surface area contributed by atoms with Crippen molar-refractivity contribution >= 4 is 17.7 Å². The summed E-state index contributed by atoms with van der Waals surface area (Å²) in [5, 5.41) is 9.07. The van der Waals surface area contributed by atoms with E-state index in [-0.39, 0.29) is 5.91 Å². The fourth-order valence-corrected chi connectivity index (χ4v) is 5.74. The van der Waals surface area contributed by atoms with Gasteiger partial charge in [-0.25, -0.2) is 5.48 Å². The average molecular weight is 408 g/mol. The number of hydrogen-bond donors (Lipinski definition) is 2. The second-order valence-corrected chi connectivity index (χ2v) is 9.51. The van der Waals surface area contributed by atoms with Gasteiger partial charge in [-0.2, -0.15) is 11.8 Å². The van der Waals surface area contributed by atoms with Crippen LogP contribution in [0.15, 0.2) is 30.3 Å². The monoisotopic (exact) mass is 407 g/mol. The molecule has 3 rings (SSSR count). The molecule has 1 amide bonds. The molecule has 2 aliphatic heterocycles. The van der Waals surface area contributed by atoms with Crippen molar-refractivity contribution in [1.29, 1.82) is 0 Å². The van der Waals surface area contributed by atoms with Crippen LogP contribution >= 0.6 is 11.8 Å². The van der Waals surface area contributed by atoms with Crippen molar-refractivity contribution < 1.29 is 19.5 Å². The summed E-state index contributed by atoms with van der Waals surface area (Å²) in [6.45, 7) is 2.98. The first-order valence-corrected chi connectivity index (χ1v) is 11.6. The molecule has 5 unspecified atom stereocenters. The van der Waals surface area contributed by atoms with E-state index >= 15 is 0 Å². The van der Waals surface area contributed by atoms with Crippen LogP contribution in [0.5, 0.6) is 5.75 Å². The Morgan fingerprint density at radius 2 is 1.96 bits per heavy atom. The van der Waals surface area contributed by atoms with Gasteiger partial charge in [0.15, 0.2) is 0 Å². The van der Waals surface area contributed by atoms with Gasteiger partial charge in [-0.3, -0.25) is 10.0 Å². The van der Waals surface area contributed by atoms with Crippen LogP contribution in [0.2, 0.25) is 0 Å². The molecule has 0 radical (unpaired) electrons. The zero-order valence-corrected chi connectivity index (χ0v) is 17.5. The van der Waals surface area contributed by atoms with Gasteiger partial charge in [0.1, 0.15) is 5.75 Å². The molecular formula is C22H33NO4S. The molecule has 0 aromatic heterocycles. The summed E-state index contributed by atoms with van der Waals surface area (Å²) in [4.78, 5) is 11.1. The lowest BCUT2D eigenvalue weighted by molar-refractivity contribution is -0.129. The summed E-state index contributed by atoms with van der Waals surface area (Å²) in [5.74, 6) is 3.06. The SMILES string of the molecule is CC(CCCC(=O)NO)SCCC1C2CCC(O2)C1CCOc1ccccc1. The Hall–Kier alpha value is -1.24. The van der Waals surface area contributed by atoms with Crippen LogP contribution in [0.3, 0.4) is 0 Å². The molecule has 5 atom stereocenters. The number of hydrogen-bond acceptors (Lipinski definition) is 5. The van der Waals surface area contributed by atoms with Gasteiger partial charge >= 0.3 is 0 Å². The van der Waals surface area contributed by atoms with E-state index in [9.17, 15) is 4.79 Å². The summed E-state index contributed by atoms with van der Waals surface area (Å²) < 4.78 is 12.2. The van der Waals surface area contributed by atoms with Crippen molar-refractivity contribution in [2.24, 2.45) is 11.8 Å². The maximum atomic E-state index is 11.1. The van der Waals surface area contributed by atoms with Gasteiger partial charge in [0.2, 0.25) is 5.91 Å². The van der Waals surface area contributed by atoms with Gasteiger partial charge in [0.05, 0.1) is 18.8 Å². The molecule has 0 aliphatic carbocycles. The quantitative estimate of drug-likeness (QED) is 0.396. The van der Waals surface area contributed by atoms with Gasteiger partial charge in [-0.15, -0.1) is 0 Å². The lowest BCUT2D eigenvalue weighted by atomic mass is 9.76. The third-order valence-corrected chi connectivity index (χ3v) is 7.32. The number of hydroxylamine groups is 1. The van der Waals surface area contributed by atoms with E-state index in [2.05, 4.69) is 6.92 Å². The largest absolute Gasteiger partial charge is 0.494 e. The molecule has 2 bridgehead atoms. The van der Waals surface area contributed by atoms with Crippen molar-refractivity contribution in [3.8, 4) is 5.75 Å². The van der Waals surface area contributed by atoms with Crippen molar-refractivity contribution in [3.05, 3.63) is 30.3 Å². The minimum absolute atomic E-state index is 0.295. The highest BCUT2D eigenvalue weighted by Gasteiger charge is 2.47. The normalized spacial score (nSPS) is 26.9. The van der Waals surface area contributed by atoms with Gasteiger partial charge in [0.25, 0.3) is 0 Å². The third-order valence-electron chi connectivity index (χ3n) is 6.05. The van der Waals surface area contributed by atoms with E-state index < -0.39 is 0 Å². The molecule has 1 aromatic rings. The summed E-state index contributed by atoms with van der Waals surface area (Å²) >= 11 is 1.99. The van der Waals surface area contributed by atoms with Crippen molar-refractivity contribution in [3.63, 3.8) is 0 Å². The molecule has 2 fully saturated rings. The van der Waals surface area contributed by atoms with Crippen LogP contribution < -0.4 is 10.2 Å². The number of para-hydroxylation sites is 1. The molecule has 2 aliphatic rings. The van der Waals surface area contributed by atoms with Gasteiger partial charge in [-0.05, 0) is 68.2 Å². The maximum absolute atomic E-state index is 11.1. The number of nitrogens with one attached hydrogen (secondary N) is 1. The van der Waals surface area contributed by atoms with Crippen LogP contribution in [0.4, 0.5) is 0 Å². The van der Waals surface area contributed by atoms with Crippen LogP contribution in [0, 0.1) is 11.8 Å². The zero-order chi connectivity index (χ0) is 19.8. The lowest BCUT2D eigenvalue weighted by Gasteiger charge is -2.28. The first-order chi connectivity index (χ1) is 13.7. The number of amides is 1. The Kier molecular flexibility index (Phi) is 8.49. The molecule has 0 spiro atoms. The summed E-state index contributed by atoms with van der Waals surface area (Å²) in [5.41, 5.74) is 1.70. The summed E-state index contributed by atoms with van der Waals surface area (Å²) in [7, 11) is 0. The molecule has 156 valence electrons.